The van der Waals surface area contributed by atoms with E-state index in [0.717, 1.165) is 12.8 Å². The van der Waals surface area contributed by atoms with Crippen molar-refractivity contribution >= 4 is 5.91 Å². The molecule has 0 spiro atoms. The maximum absolute atomic E-state index is 12.2. The first-order chi connectivity index (χ1) is 11.0. The predicted molar refractivity (Wildman–Crippen MR) is 91.8 cm³/mol. The number of nitriles is 1. The number of amides is 1. The maximum atomic E-state index is 12.2. The lowest BCUT2D eigenvalue weighted by molar-refractivity contribution is -0.122. The zero-order valence-corrected chi connectivity index (χ0v) is 14.3. The molecule has 4 nitrogen and oxygen atoms in total. The zero-order chi connectivity index (χ0) is 16.9. The van der Waals surface area contributed by atoms with Gasteiger partial charge in [-0.2, -0.15) is 5.26 Å². The molecule has 0 heterocycles. The van der Waals surface area contributed by atoms with Crippen molar-refractivity contribution in [3.8, 4) is 6.07 Å². The quantitative estimate of drug-likeness (QED) is 0.848. The van der Waals surface area contributed by atoms with Crippen LogP contribution in [0.1, 0.15) is 51.5 Å². The van der Waals surface area contributed by atoms with E-state index in [0.29, 0.717) is 12.0 Å². The van der Waals surface area contributed by atoms with Crippen molar-refractivity contribution in [3.63, 3.8) is 0 Å². The van der Waals surface area contributed by atoms with Gasteiger partial charge in [-0.05, 0) is 37.2 Å². The number of hydrogen-bond donors (Lipinski definition) is 2. The molecule has 0 aromatic heterocycles. The molecule has 1 amide bonds. The smallest absolute Gasteiger partial charge is 0.235 e. The largest absolute Gasteiger partial charge is 0.337 e. The molecule has 1 saturated carbocycles. The summed E-state index contributed by atoms with van der Waals surface area (Å²) in [6.45, 7) is 5.93. The monoisotopic (exact) mass is 313 g/mol. The summed E-state index contributed by atoms with van der Waals surface area (Å²) < 4.78 is 0. The van der Waals surface area contributed by atoms with Gasteiger partial charge in [0.2, 0.25) is 5.91 Å². The van der Waals surface area contributed by atoms with Crippen molar-refractivity contribution < 1.29 is 4.79 Å². The second-order valence-corrected chi connectivity index (χ2v) is 6.95. The average Bonchev–Trinajstić information content (AvgIpc) is 3.02. The van der Waals surface area contributed by atoms with Crippen LogP contribution in [0.2, 0.25) is 0 Å². The fraction of sp³-hybridized carbons (Fsp3) is 0.579. The molecule has 3 atom stereocenters. The molecule has 2 rings (SSSR count). The van der Waals surface area contributed by atoms with E-state index in [1.807, 2.05) is 19.9 Å². The summed E-state index contributed by atoms with van der Waals surface area (Å²) in [4.78, 5) is 12.2. The van der Waals surface area contributed by atoms with Gasteiger partial charge in [0, 0.05) is 6.04 Å². The molecular weight excluding hydrogens is 286 g/mol. The second kappa shape index (κ2) is 7.61. The van der Waals surface area contributed by atoms with Gasteiger partial charge in [-0.15, -0.1) is 0 Å². The molecule has 1 fully saturated rings. The van der Waals surface area contributed by atoms with Crippen LogP contribution in [-0.4, -0.2) is 24.0 Å². The Morgan fingerprint density at radius 1 is 1.35 bits per heavy atom. The molecule has 0 saturated heterocycles. The Morgan fingerprint density at radius 2 is 2.04 bits per heavy atom. The normalized spacial score (nSPS) is 23.3. The lowest BCUT2D eigenvalue weighted by Crippen LogP contribution is -2.52. The van der Waals surface area contributed by atoms with E-state index in [9.17, 15) is 10.1 Å². The first-order valence-corrected chi connectivity index (χ1v) is 8.47. The van der Waals surface area contributed by atoms with Crippen molar-refractivity contribution in [1.29, 1.82) is 5.26 Å². The highest BCUT2D eigenvalue weighted by atomic mass is 16.2. The molecule has 0 bridgehead atoms. The third-order valence-corrected chi connectivity index (χ3v) is 5.05. The van der Waals surface area contributed by atoms with E-state index in [4.69, 9.17) is 0 Å². The Kier molecular flexibility index (Phi) is 5.79. The van der Waals surface area contributed by atoms with Crippen molar-refractivity contribution in [2.75, 3.05) is 6.54 Å². The minimum absolute atomic E-state index is 0.0694. The van der Waals surface area contributed by atoms with Gasteiger partial charge in [0.25, 0.3) is 0 Å². The minimum atomic E-state index is -0.812. The highest BCUT2D eigenvalue weighted by Crippen LogP contribution is 2.34. The van der Waals surface area contributed by atoms with Crippen LogP contribution in [0.5, 0.6) is 0 Å². The lowest BCUT2D eigenvalue weighted by atomic mass is 9.90. The van der Waals surface area contributed by atoms with Crippen molar-refractivity contribution in [2.45, 2.75) is 57.5 Å². The first kappa shape index (κ1) is 17.5. The number of carbonyl (C=O) groups excluding carboxylic acids is 1. The molecule has 0 aliphatic heterocycles. The van der Waals surface area contributed by atoms with Crippen LogP contribution in [0.3, 0.4) is 0 Å². The van der Waals surface area contributed by atoms with Gasteiger partial charge in [0.05, 0.1) is 12.6 Å². The van der Waals surface area contributed by atoms with E-state index in [-0.39, 0.29) is 18.4 Å². The van der Waals surface area contributed by atoms with Gasteiger partial charge in [0.15, 0.2) is 0 Å². The van der Waals surface area contributed by atoms with Crippen LogP contribution in [0.25, 0.3) is 0 Å². The van der Waals surface area contributed by atoms with Gasteiger partial charge in [-0.25, -0.2) is 0 Å². The number of nitrogens with one attached hydrogen (secondary N) is 2. The molecule has 2 N–H and O–H groups in total. The van der Waals surface area contributed by atoms with Gasteiger partial charge >= 0.3 is 0 Å². The van der Waals surface area contributed by atoms with Crippen LogP contribution in [0.15, 0.2) is 30.3 Å². The number of hydrogen-bond acceptors (Lipinski definition) is 3. The van der Waals surface area contributed by atoms with Crippen molar-refractivity contribution in [1.82, 2.24) is 10.6 Å². The minimum Gasteiger partial charge on any atom is -0.337 e. The van der Waals surface area contributed by atoms with Crippen LogP contribution >= 0.6 is 0 Å². The summed E-state index contributed by atoms with van der Waals surface area (Å²) in [6, 6.07) is 13.0. The lowest BCUT2D eigenvalue weighted by Gasteiger charge is -2.28. The summed E-state index contributed by atoms with van der Waals surface area (Å²) in [5.74, 6) is 0.429. The summed E-state index contributed by atoms with van der Waals surface area (Å²) in [5.41, 5.74) is 0.528. The third-order valence-electron chi connectivity index (χ3n) is 5.05. The van der Waals surface area contributed by atoms with Crippen molar-refractivity contribution in [3.05, 3.63) is 35.9 Å². The SMILES string of the molecule is CC(C)[C@](C)(C#N)NC(=O)CN[C@@H]1CCC[C@H]1c1ccccc1. The summed E-state index contributed by atoms with van der Waals surface area (Å²) in [6.07, 6.45) is 3.43. The molecular formula is C19H27N3O. The van der Waals surface area contributed by atoms with Gasteiger partial charge in [-0.1, -0.05) is 50.6 Å². The molecule has 0 radical (unpaired) electrons. The van der Waals surface area contributed by atoms with Crippen LogP contribution in [0.4, 0.5) is 0 Å². The highest BCUT2D eigenvalue weighted by molar-refractivity contribution is 5.79. The summed E-state index contributed by atoms with van der Waals surface area (Å²) >= 11 is 0. The molecule has 23 heavy (non-hydrogen) atoms. The van der Waals surface area contributed by atoms with Crippen LogP contribution in [0, 0.1) is 17.2 Å². The van der Waals surface area contributed by atoms with E-state index in [2.05, 4.69) is 41.0 Å². The maximum Gasteiger partial charge on any atom is 0.235 e. The molecule has 1 aliphatic rings. The fourth-order valence-electron chi connectivity index (χ4n) is 3.16. The van der Waals surface area contributed by atoms with Gasteiger partial charge in [0.1, 0.15) is 5.54 Å². The molecule has 124 valence electrons. The average molecular weight is 313 g/mol. The number of carbonyl (C=O) groups is 1. The zero-order valence-electron chi connectivity index (χ0n) is 14.3. The first-order valence-electron chi connectivity index (χ1n) is 8.47. The Labute approximate surface area is 139 Å². The van der Waals surface area contributed by atoms with Gasteiger partial charge < -0.3 is 10.6 Å². The standard InChI is InChI=1S/C19H27N3O/c1-14(2)19(3,13-20)22-18(23)12-21-17-11-7-10-16(17)15-8-5-4-6-9-15/h4-6,8-9,14,16-17,21H,7,10-12H2,1-3H3,(H,22,23)/t16-,17+,19-/m0/s1. The third kappa shape index (κ3) is 4.33. The number of rotatable bonds is 6. The fourth-order valence-corrected chi connectivity index (χ4v) is 3.16. The second-order valence-electron chi connectivity index (χ2n) is 6.95. The Bertz CT molecular complexity index is 564. The summed E-state index contributed by atoms with van der Waals surface area (Å²) in [5, 5.41) is 15.5. The number of benzene rings is 1. The van der Waals surface area contributed by atoms with E-state index < -0.39 is 5.54 Å². The van der Waals surface area contributed by atoms with E-state index in [1.165, 1.54) is 12.0 Å². The van der Waals surface area contributed by atoms with E-state index >= 15 is 0 Å². The predicted octanol–water partition coefficient (Wildman–Crippen LogP) is 2.97. The number of nitrogens with zero attached hydrogens (tertiary/aromatic N) is 1. The van der Waals surface area contributed by atoms with Gasteiger partial charge in [-0.3, -0.25) is 4.79 Å². The molecule has 1 aromatic carbocycles. The summed E-state index contributed by atoms with van der Waals surface area (Å²) in [7, 11) is 0. The highest BCUT2D eigenvalue weighted by Gasteiger charge is 2.31. The Balaban J connectivity index is 1.90. The van der Waals surface area contributed by atoms with Crippen LogP contribution in [-0.2, 0) is 4.79 Å². The Morgan fingerprint density at radius 3 is 2.65 bits per heavy atom. The molecule has 4 heteroatoms. The molecule has 0 unspecified atom stereocenters. The van der Waals surface area contributed by atoms with E-state index in [1.54, 1.807) is 6.92 Å². The van der Waals surface area contributed by atoms with Crippen molar-refractivity contribution in [2.24, 2.45) is 5.92 Å². The molecule has 1 aliphatic carbocycles. The van der Waals surface area contributed by atoms with Crippen LogP contribution < -0.4 is 10.6 Å². The Hall–Kier alpha value is -1.86. The topological polar surface area (TPSA) is 64.9 Å². The molecule has 1 aromatic rings.